The third-order valence-corrected chi connectivity index (χ3v) is 10.2. The van der Waals surface area contributed by atoms with Crippen molar-refractivity contribution in [2.45, 2.75) is 91.8 Å². The van der Waals surface area contributed by atoms with Gasteiger partial charge >= 0.3 is 5.97 Å². The first kappa shape index (κ1) is 26.2. The predicted octanol–water partition coefficient (Wildman–Crippen LogP) is 3.35. The van der Waals surface area contributed by atoms with Crippen LogP contribution in [0.25, 0.3) is 0 Å². The van der Waals surface area contributed by atoms with Gasteiger partial charge in [0.05, 0.1) is 18.1 Å². The van der Waals surface area contributed by atoms with Crippen LogP contribution in [0, 0.1) is 46.3 Å². The molecule has 0 bridgehead atoms. The van der Waals surface area contributed by atoms with Crippen LogP contribution in [0.1, 0.15) is 79.6 Å². The van der Waals surface area contributed by atoms with Gasteiger partial charge in [-0.1, -0.05) is 34.6 Å². The number of fused-ring (bicyclic) bond motifs is 4. The molecule has 0 aromatic heterocycles. The summed E-state index contributed by atoms with van der Waals surface area (Å²) in [5.74, 6) is -2.93. The van der Waals surface area contributed by atoms with Crippen LogP contribution in [0.4, 0.5) is 0 Å². The minimum atomic E-state index is -1.00. The fraction of sp³-hybridized carbons (Fsp3) is 0.786. The van der Waals surface area contributed by atoms with Crippen molar-refractivity contribution in [2.24, 2.45) is 46.3 Å². The largest absolute Gasteiger partial charge is 0.481 e. The van der Waals surface area contributed by atoms with Crippen LogP contribution in [0.3, 0.4) is 0 Å². The molecule has 35 heavy (non-hydrogen) atoms. The lowest BCUT2D eigenvalue weighted by Gasteiger charge is -2.58. The highest BCUT2D eigenvalue weighted by Crippen LogP contribution is 2.63. The number of hydrogen-bond acceptors (Lipinski definition) is 6. The Labute approximate surface area is 207 Å². The number of rotatable bonds is 6. The highest BCUT2D eigenvalue weighted by atomic mass is 16.4. The van der Waals surface area contributed by atoms with Crippen molar-refractivity contribution in [2.75, 3.05) is 0 Å². The summed E-state index contributed by atoms with van der Waals surface area (Å²) in [5.41, 5.74) is 0.318. The summed E-state index contributed by atoms with van der Waals surface area (Å²) in [6, 6.07) is 0. The van der Waals surface area contributed by atoms with E-state index in [1.807, 2.05) is 20.8 Å². The number of hydrogen-bond donors (Lipinski definition) is 3. The normalized spacial score (nSPS) is 40.0. The molecule has 2 fully saturated rings. The molecule has 3 N–H and O–H groups in total. The molecular weight excluding hydrogens is 448 g/mol. The Morgan fingerprint density at radius 3 is 2.34 bits per heavy atom. The van der Waals surface area contributed by atoms with Crippen molar-refractivity contribution in [3.63, 3.8) is 0 Å². The van der Waals surface area contributed by atoms with Gasteiger partial charge in [-0.05, 0) is 59.3 Å². The van der Waals surface area contributed by atoms with Gasteiger partial charge in [0.1, 0.15) is 11.6 Å². The number of carboxylic acids is 1. The first-order chi connectivity index (χ1) is 16.2. The maximum Gasteiger partial charge on any atom is 0.306 e. The molecule has 0 heterocycles. The van der Waals surface area contributed by atoms with Crippen LogP contribution >= 0.6 is 0 Å². The van der Waals surface area contributed by atoms with Gasteiger partial charge in [0.15, 0.2) is 5.78 Å². The van der Waals surface area contributed by atoms with E-state index in [-0.39, 0.29) is 66.7 Å². The average Bonchev–Trinajstić information content (AvgIpc) is 3.08. The van der Waals surface area contributed by atoms with E-state index >= 15 is 0 Å². The molecule has 194 valence electrons. The summed E-state index contributed by atoms with van der Waals surface area (Å²) in [6.07, 6.45) is 0.938. The molecule has 2 saturated carbocycles. The van der Waals surface area contributed by atoms with Gasteiger partial charge in [0.25, 0.3) is 0 Å². The molecule has 0 radical (unpaired) electrons. The van der Waals surface area contributed by atoms with E-state index in [1.54, 1.807) is 0 Å². The Hall–Kier alpha value is -1.86. The van der Waals surface area contributed by atoms with Crippen molar-refractivity contribution in [3.8, 4) is 0 Å². The molecule has 0 amide bonds. The van der Waals surface area contributed by atoms with E-state index in [0.717, 1.165) is 0 Å². The topological polar surface area (TPSA) is 129 Å². The lowest BCUT2D eigenvalue weighted by atomic mass is 9.46. The summed E-state index contributed by atoms with van der Waals surface area (Å²) in [4.78, 5) is 50.7. The van der Waals surface area contributed by atoms with Gasteiger partial charge in [-0.25, -0.2) is 0 Å². The monoisotopic (exact) mass is 488 g/mol. The van der Waals surface area contributed by atoms with E-state index in [9.17, 15) is 29.4 Å². The Morgan fingerprint density at radius 2 is 1.71 bits per heavy atom. The molecule has 0 saturated heterocycles. The molecule has 7 nitrogen and oxygen atoms in total. The molecule has 0 aromatic carbocycles. The van der Waals surface area contributed by atoms with Crippen LogP contribution in [-0.2, 0) is 19.2 Å². The smallest absolute Gasteiger partial charge is 0.306 e. The van der Waals surface area contributed by atoms with E-state index in [1.165, 1.54) is 6.92 Å². The van der Waals surface area contributed by atoms with Gasteiger partial charge in [-0.3, -0.25) is 19.2 Å². The molecule has 9 atom stereocenters. The van der Waals surface area contributed by atoms with Crippen molar-refractivity contribution in [1.82, 2.24) is 0 Å². The van der Waals surface area contributed by atoms with Crippen LogP contribution in [0.5, 0.6) is 0 Å². The number of ketones is 3. The molecule has 0 aromatic rings. The van der Waals surface area contributed by atoms with Crippen molar-refractivity contribution in [1.29, 1.82) is 0 Å². The zero-order chi connectivity index (χ0) is 26.0. The van der Waals surface area contributed by atoms with Gasteiger partial charge < -0.3 is 15.3 Å². The van der Waals surface area contributed by atoms with Crippen LogP contribution in [0.2, 0.25) is 0 Å². The summed E-state index contributed by atoms with van der Waals surface area (Å²) >= 11 is 0. The zero-order valence-electron chi connectivity index (χ0n) is 21.5. The third kappa shape index (κ3) is 4.12. The van der Waals surface area contributed by atoms with E-state index < -0.39 is 40.8 Å². The molecular formula is C28H40O7. The highest BCUT2D eigenvalue weighted by molar-refractivity contribution is 6.03. The SMILES string of the molecule is C[C@H](CC(=O)C[C@@H](C)[C@H]1CC(=O)[C@H]2C3=C(C(=O)C[C@@H]21)[C@@]1(C)CC[C@H](O)C(C)(C)[C@@H]1C[C@@H]3O)C(=O)O. The molecule has 0 spiro atoms. The second-order valence-corrected chi connectivity index (χ2v) is 12.7. The summed E-state index contributed by atoms with van der Waals surface area (Å²) in [6.45, 7) is 9.52. The fourth-order valence-corrected chi connectivity index (χ4v) is 8.22. The Morgan fingerprint density at radius 1 is 1.06 bits per heavy atom. The zero-order valence-corrected chi connectivity index (χ0v) is 21.5. The minimum absolute atomic E-state index is 0.00239. The lowest BCUT2D eigenvalue weighted by molar-refractivity contribution is -0.143. The number of aliphatic carboxylic acids is 1. The number of carbonyl (C=O) groups excluding carboxylic acids is 3. The van der Waals surface area contributed by atoms with E-state index in [2.05, 4.69) is 6.92 Å². The van der Waals surface area contributed by atoms with E-state index in [4.69, 9.17) is 5.11 Å². The first-order valence-corrected chi connectivity index (χ1v) is 13.1. The van der Waals surface area contributed by atoms with Gasteiger partial charge in [0, 0.05) is 37.2 Å². The second-order valence-electron chi connectivity index (χ2n) is 12.7. The second kappa shape index (κ2) is 8.91. The van der Waals surface area contributed by atoms with Crippen molar-refractivity contribution in [3.05, 3.63) is 11.1 Å². The number of Topliss-reactive ketones (excluding diaryl/α,β-unsaturated/α-hetero) is 3. The fourth-order valence-electron chi connectivity index (χ4n) is 8.22. The molecule has 4 aliphatic rings. The number of aliphatic hydroxyl groups is 2. The summed E-state index contributed by atoms with van der Waals surface area (Å²) in [7, 11) is 0. The summed E-state index contributed by atoms with van der Waals surface area (Å²) < 4.78 is 0. The lowest BCUT2D eigenvalue weighted by Crippen LogP contribution is -2.57. The molecule has 0 aliphatic heterocycles. The van der Waals surface area contributed by atoms with Crippen molar-refractivity contribution >= 4 is 23.3 Å². The maximum absolute atomic E-state index is 13.7. The van der Waals surface area contributed by atoms with Gasteiger partial charge in [0.2, 0.25) is 0 Å². The Balaban J connectivity index is 1.63. The first-order valence-electron chi connectivity index (χ1n) is 13.1. The predicted molar refractivity (Wildman–Crippen MR) is 128 cm³/mol. The van der Waals surface area contributed by atoms with E-state index in [0.29, 0.717) is 30.4 Å². The van der Waals surface area contributed by atoms with Crippen molar-refractivity contribution < 1.29 is 34.5 Å². The number of aliphatic hydroxyl groups excluding tert-OH is 2. The Kier molecular flexibility index (Phi) is 6.67. The van der Waals surface area contributed by atoms with Gasteiger partial charge in [-0.15, -0.1) is 0 Å². The molecule has 4 aliphatic carbocycles. The number of carboxylic acid groups (broad SMARTS) is 1. The maximum atomic E-state index is 13.7. The average molecular weight is 489 g/mol. The standard InChI is InChI=1S/C28H40O7/c1-13(8-15(29)9-14(2)26(34)35)16-10-18(30)23-17(16)11-20(32)25-24(23)19(31)12-21-27(3,4)22(33)6-7-28(21,25)5/h13-14,16-17,19,21-23,31,33H,6-12H2,1-5H3,(H,34,35)/t13-,14-,16-,17-,19+,21+,22+,23+,28+/m1/s1. The molecule has 7 heteroatoms. The Bertz CT molecular complexity index is 978. The summed E-state index contributed by atoms with van der Waals surface area (Å²) in [5, 5.41) is 31.1. The number of allylic oxidation sites excluding steroid dienone is 1. The quantitative estimate of drug-likeness (QED) is 0.523. The third-order valence-electron chi connectivity index (χ3n) is 10.2. The minimum Gasteiger partial charge on any atom is -0.481 e. The van der Waals surface area contributed by atoms with Crippen LogP contribution in [0.15, 0.2) is 11.1 Å². The molecule has 4 rings (SSSR count). The molecule has 0 unspecified atom stereocenters. The van der Waals surface area contributed by atoms with Crippen LogP contribution < -0.4 is 0 Å². The van der Waals surface area contributed by atoms with Gasteiger partial charge in [-0.2, -0.15) is 0 Å². The van der Waals surface area contributed by atoms with Crippen LogP contribution in [-0.4, -0.2) is 50.8 Å². The number of carbonyl (C=O) groups is 4. The highest BCUT2D eigenvalue weighted by Gasteiger charge is 2.62.